The average Bonchev–Trinajstić information content (AvgIpc) is 2.87. The van der Waals surface area contributed by atoms with Crippen LogP contribution in [-0.2, 0) is 11.2 Å². The highest BCUT2D eigenvalue weighted by Crippen LogP contribution is 2.29. The third-order valence-corrected chi connectivity index (χ3v) is 4.25. The molecule has 0 aliphatic carbocycles. The lowest BCUT2D eigenvalue weighted by Crippen LogP contribution is -2.31. The van der Waals surface area contributed by atoms with Crippen LogP contribution in [0.5, 0.6) is 5.75 Å². The highest BCUT2D eigenvalue weighted by atomic mass is 79.9. The molecular weight excluding hydrogens is 318 g/mol. The monoisotopic (exact) mass is 331 g/mol. The molecule has 0 aromatic heterocycles. The lowest BCUT2D eigenvalue weighted by Gasteiger charge is -2.12. The van der Waals surface area contributed by atoms with Gasteiger partial charge in [0.25, 0.3) is 5.91 Å². The maximum absolute atomic E-state index is 12.2. The zero-order valence-electron chi connectivity index (χ0n) is 11.0. The molecule has 3 nitrogen and oxygen atoms in total. The standard InChI is InChI=1S/C16H14BrNO2/c1-10-8-12(6-7-13(10)17)18-16(19)15-9-11-4-2-3-5-14(11)20-15/h2-8,15H,9H2,1H3,(H,18,19)/t15-/m1/s1. The van der Waals surface area contributed by atoms with E-state index in [0.717, 1.165) is 27.0 Å². The Morgan fingerprint density at radius 1 is 1.30 bits per heavy atom. The summed E-state index contributed by atoms with van der Waals surface area (Å²) in [6.07, 6.45) is 0.175. The van der Waals surface area contributed by atoms with Gasteiger partial charge in [-0.15, -0.1) is 0 Å². The van der Waals surface area contributed by atoms with Crippen LogP contribution in [0, 0.1) is 6.92 Å². The molecule has 1 heterocycles. The first-order valence-electron chi connectivity index (χ1n) is 6.45. The lowest BCUT2D eigenvalue weighted by molar-refractivity contribution is -0.122. The number of hydrogen-bond donors (Lipinski definition) is 1. The van der Waals surface area contributed by atoms with Crippen LogP contribution >= 0.6 is 15.9 Å². The number of carbonyl (C=O) groups is 1. The molecule has 3 rings (SSSR count). The van der Waals surface area contributed by atoms with Crippen molar-refractivity contribution in [3.63, 3.8) is 0 Å². The fourth-order valence-electron chi connectivity index (χ4n) is 2.27. The van der Waals surface area contributed by atoms with Crippen LogP contribution in [-0.4, -0.2) is 12.0 Å². The zero-order chi connectivity index (χ0) is 14.1. The van der Waals surface area contributed by atoms with Crippen LogP contribution in [0.25, 0.3) is 0 Å². The number of aryl methyl sites for hydroxylation is 1. The quantitative estimate of drug-likeness (QED) is 0.911. The topological polar surface area (TPSA) is 38.3 Å². The van der Waals surface area contributed by atoms with Crippen LogP contribution in [0.2, 0.25) is 0 Å². The Morgan fingerprint density at radius 2 is 2.10 bits per heavy atom. The van der Waals surface area contributed by atoms with Gasteiger partial charge in [-0.1, -0.05) is 34.1 Å². The molecule has 20 heavy (non-hydrogen) atoms. The van der Waals surface area contributed by atoms with Gasteiger partial charge in [-0.05, 0) is 42.3 Å². The van der Waals surface area contributed by atoms with E-state index < -0.39 is 6.10 Å². The lowest BCUT2D eigenvalue weighted by atomic mass is 10.1. The van der Waals surface area contributed by atoms with Crippen molar-refractivity contribution in [3.8, 4) is 5.75 Å². The second kappa shape index (κ2) is 5.29. The zero-order valence-corrected chi connectivity index (χ0v) is 12.6. The molecule has 0 radical (unpaired) electrons. The third kappa shape index (κ3) is 2.56. The van der Waals surface area contributed by atoms with Crippen LogP contribution in [0.1, 0.15) is 11.1 Å². The maximum Gasteiger partial charge on any atom is 0.265 e. The van der Waals surface area contributed by atoms with Gasteiger partial charge in [0.05, 0.1) is 0 Å². The van der Waals surface area contributed by atoms with E-state index in [2.05, 4.69) is 21.2 Å². The summed E-state index contributed by atoms with van der Waals surface area (Å²) < 4.78 is 6.70. The van der Waals surface area contributed by atoms with Gasteiger partial charge in [0.1, 0.15) is 5.75 Å². The van der Waals surface area contributed by atoms with Crippen molar-refractivity contribution in [2.24, 2.45) is 0 Å². The Morgan fingerprint density at radius 3 is 2.85 bits per heavy atom. The fourth-order valence-corrected chi connectivity index (χ4v) is 2.52. The van der Waals surface area contributed by atoms with Crippen molar-refractivity contribution in [1.29, 1.82) is 0 Å². The minimum atomic E-state index is -0.448. The van der Waals surface area contributed by atoms with E-state index in [1.54, 1.807) is 0 Å². The van der Waals surface area contributed by atoms with Crippen LogP contribution in [0.15, 0.2) is 46.9 Å². The van der Waals surface area contributed by atoms with E-state index in [1.807, 2.05) is 49.4 Å². The minimum absolute atomic E-state index is 0.108. The predicted molar refractivity (Wildman–Crippen MR) is 82.1 cm³/mol. The van der Waals surface area contributed by atoms with E-state index >= 15 is 0 Å². The summed E-state index contributed by atoms with van der Waals surface area (Å²) in [6.45, 7) is 1.99. The molecule has 0 fully saturated rings. The molecule has 0 unspecified atom stereocenters. The van der Waals surface area contributed by atoms with Crippen LogP contribution in [0.3, 0.4) is 0 Å². The minimum Gasteiger partial charge on any atom is -0.480 e. The number of rotatable bonds is 2. The number of anilines is 1. The Bertz CT molecular complexity index is 644. The van der Waals surface area contributed by atoms with Gasteiger partial charge < -0.3 is 10.1 Å². The van der Waals surface area contributed by atoms with E-state index in [9.17, 15) is 4.79 Å². The highest BCUT2D eigenvalue weighted by Gasteiger charge is 2.28. The number of nitrogens with one attached hydrogen (secondary N) is 1. The third-order valence-electron chi connectivity index (χ3n) is 3.37. The molecule has 0 saturated heterocycles. The molecule has 1 aliphatic rings. The van der Waals surface area contributed by atoms with Crippen LogP contribution < -0.4 is 10.1 Å². The van der Waals surface area contributed by atoms with Crippen molar-refractivity contribution in [2.75, 3.05) is 5.32 Å². The van der Waals surface area contributed by atoms with Gasteiger partial charge in [0, 0.05) is 16.6 Å². The van der Waals surface area contributed by atoms with Crippen molar-refractivity contribution in [2.45, 2.75) is 19.4 Å². The first-order valence-corrected chi connectivity index (χ1v) is 7.24. The van der Waals surface area contributed by atoms with Crippen LogP contribution in [0.4, 0.5) is 5.69 Å². The summed E-state index contributed by atoms with van der Waals surface area (Å²) in [4.78, 5) is 12.2. The normalized spacial score (nSPS) is 16.4. The highest BCUT2D eigenvalue weighted by molar-refractivity contribution is 9.10. The summed E-state index contributed by atoms with van der Waals surface area (Å²) in [6, 6.07) is 13.5. The van der Waals surface area contributed by atoms with Gasteiger partial charge in [-0.25, -0.2) is 0 Å². The Balaban J connectivity index is 1.71. The molecule has 0 bridgehead atoms. The number of para-hydroxylation sites is 1. The second-order valence-electron chi connectivity index (χ2n) is 4.87. The fraction of sp³-hybridized carbons (Fsp3) is 0.188. The number of hydrogen-bond acceptors (Lipinski definition) is 2. The first kappa shape index (κ1) is 13.2. The molecular formula is C16H14BrNO2. The van der Waals surface area contributed by atoms with Crippen molar-refractivity contribution < 1.29 is 9.53 Å². The molecule has 1 amide bonds. The van der Waals surface area contributed by atoms with Crippen molar-refractivity contribution in [3.05, 3.63) is 58.1 Å². The van der Waals surface area contributed by atoms with E-state index in [-0.39, 0.29) is 5.91 Å². The summed E-state index contributed by atoms with van der Waals surface area (Å²) in [5.74, 6) is 0.697. The number of fused-ring (bicyclic) bond motifs is 1. The van der Waals surface area contributed by atoms with Gasteiger partial charge >= 0.3 is 0 Å². The molecule has 2 aromatic rings. The summed E-state index contributed by atoms with van der Waals surface area (Å²) in [5, 5.41) is 2.90. The predicted octanol–water partition coefficient (Wildman–Crippen LogP) is 3.70. The summed E-state index contributed by atoms with van der Waals surface area (Å²) >= 11 is 3.44. The summed E-state index contributed by atoms with van der Waals surface area (Å²) in [7, 11) is 0. The van der Waals surface area contributed by atoms with Gasteiger partial charge in [-0.2, -0.15) is 0 Å². The van der Waals surface area contributed by atoms with Crippen molar-refractivity contribution >= 4 is 27.5 Å². The van der Waals surface area contributed by atoms with Gasteiger partial charge in [-0.3, -0.25) is 4.79 Å². The molecule has 1 atom stereocenters. The first-order chi connectivity index (χ1) is 9.63. The molecule has 102 valence electrons. The maximum atomic E-state index is 12.2. The molecule has 2 aromatic carbocycles. The molecule has 1 N–H and O–H groups in total. The second-order valence-corrected chi connectivity index (χ2v) is 5.73. The van der Waals surface area contributed by atoms with Gasteiger partial charge in [0.2, 0.25) is 0 Å². The smallest absolute Gasteiger partial charge is 0.265 e. The number of halogens is 1. The largest absolute Gasteiger partial charge is 0.480 e. The Hall–Kier alpha value is -1.81. The number of carbonyl (C=O) groups excluding carboxylic acids is 1. The van der Waals surface area contributed by atoms with E-state index in [1.165, 1.54) is 0 Å². The molecule has 1 aliphatic heterocycles. The van der Waals surface area contributed by atoms with E-state index in [0.29, 0.717) is 6.42 Å². The summed E-state index contributed by atoms with van der Waals surface area (Å²) in [5.41, 5.74) is 2.95. The molecule has 0 spiro atoms. The van der Waals surface area contributed by atoms with E-state index in [4.69, 9.17) is 4.74 Å². The number of benzene rings is 2. The molecule has 4 heteroatoms. The number of ether oxygens (including phenoxy) is 1. The Labute approximate surface area is 126 Å². The van der Waals surface area contributed by atoms with Gasteiger partial charge in [0.15, 0.2) is 6.10 Å². The Kier molecular flexibility index (Phi) is 3.49. The number of amides is 1. The average molecular weight is 332 g/mol. The SMILES string of the molecule is Cc1cc(NC(=O)[C@H]2Cc3ccccc3O2)ccc1Br. The van der Waals surface area contributed by atoms with Crippen molar-refractivity contribution in [1.82, 2.24) is 0 Å². The molecule has 0 saturated carbocycles.